The standard InChI is InChI=1S/C15H24BrN/c1-5-7-11(3)15(17-6-2)13-8-9-14(16)12(4)10-13/h8-11,15,17H,5-7H2,1-4H3. The molecule has 0 aliphatic rings. The third-order valence-corrected chi connectivity index (χ3v) is 4.17. The van der Waals surface area contributed by atoms with Gasteiger partial charge in [-0.05, 0) is 43.0 Å². The Hall–Kier alpha value is -0.340. The topological polar surface area (TPSA) is 12.0 Å². The molecular formula is C15H24BrN. The lowest BCUT2D eigenvalue weighted by Gasteiger charge is -2.25. The third kappa shape index (κ3) is 4.11. The first-order valence-corrected chi connectivity index (χ1v) is 7.38. The summed E-state index contributed by atoms with van der Waals surface area (Å²) in [5, 5.41) is 3.61. The Morgan fingerprint density at radius 2 is 2.00 bits per heavy atom. The highest BCUT2D eigenvalue weighted by Crippen LogP contribution is 2.28. The summed E-state index contributed by atoms with van der Waals surface area (Å²) in [7, 11) is 0. The molecule has 0 aromatic heterocycles. The van der Waals surface area contributed by atoms with Crippen molar-refractivity contribution >= 4 is 15.9 Å². The summed E-state index contributed by atoms with van der Waals surface area (Å²) in [6.07, 6.45) is 2.52. The Kier molecular flexibility index (Phi) is 6.21. The minimum Gasteiger partial charge on any atom is -0.310 e. The first kappa shape index (κ1) is 14.7. The molecule has 0 aliphatic carbocycles. The van der Waals surface area contributed by atoms with Crippen LogP contribution in [0, 0.1) is 12.8 Å². The van der Waals surface area contributed by atoms with Gasteiger partial charge in [0.25, 0.3) is 0 Å². The van der Waals surface area contributed by atoms with Crippen molar-refractivity contribution in [2.75, 3.05) is 6.54 Å². The van der Waals surface area contributed by atoms with Crippen LogP contribution in [0.4, 0.5) is 0 Å². The summed E-state index contributed by atoms with van der Waals surface area (Å²) in [5.74, 6) is 0.681. The normalized spacial score (nSPS) is 14.6. The highest BCUT2D eigenvalue weighted by molar-refractivity contribution is 9.10. The maximum atomic E-state index is 3.61. The molecule has 0 radical (unpaired) electrons. The van der Waals surface area contributed by atoms with Gasteiger partial charge in [0, 0.05) is 10.5 Å². The molecule has 0 aliphatic heterocycles. The molecule has 0 saturated heterocycles. The van der Waals surface area contributed by atoms with E-state index >= 15 is 0 Å². The Bertz CT molecular complexity index is 349. The van der Waals surface area contributed by atoms with E-state index in [1.165, 1.54) is 28.4 Å². The van der Waals surface area contributed by atoms with Gasteiger partial charge in [0.15, 0.2) is 0 Å². The average Bonchev–Trinajstić information content (AvgIpc) is 2.30. The fourth-order valence-electron chi connectivity index (χ4n) is 2.35. The maximum absolute atomic E-state index is 3.61. The van der Waals surface area contributed by atoms with E-state index in [-0.39, 0.29) is 0 Å². The SMILES string of the molecule is CCCC(C)C(NCC)c1ccc(Br)c(C)c1. The lowest BCUT2D eigenvalue weighted by Crippen LogP contribution is -2.26. The van der Waals surface area contributed by atoms with Crippen LogP contribution in [0.2, 0.25) is 0 Å². The van der Waals surface area contributed by atoms with Gasteiger partial charge in [0.05, 0.1) is 0 Å². The zero-order chi connectivity index (χ0) is 12.8. The molecule has 1 nitrogen and oxygen atoms in total. The maximum Gasteiger partial charge on any atom is 0.0346 e. The van der Waals surface area contributed by atoms with Crippen LogP contribution in [-0.2, 0) is 0 Å². The molecular weight excluding hydrogens is 274 g/mol. The number of halogens is 1. The van der Waals surface area contributed by atoms with E-state index < -0.39 is 0 Å². The van der Waals surface area contributed by atoms with Crippen LogP contribution < -0.4 is 5.32 Å². The molecule has 0 heterocycles. The van der Waals surface area contributed by atoms with Crippen molar-refractivity contribution in [3.63, 3.8) is 0 Å². The van der Waals surface area contributed by atoms with E-state index in [9.17, 15) is 0 Å². The van der Waals surface area contributed by atoms with Crippen LogP contribution in [0.5, 0.6) is 0 Å². The van der Waals surface area contributed by atoms with Gasteiger partial charge in [-0.2, -0.15) is 0 Å². The van der Waals surface area contributed by atoms with Gasteiger partial charge in [-0.25, -0.2) is 0 Å². The molecule has 1 N–H and O–H groups in total. The minimum atomic E-state index is 0.478. The highest BCUT2D eigenvalue weighted by Gasteiger charge is 2.17. The Labute approximate surface area is 114 Å². The number of aryl methyl sites for hydroxylation is 1. The first-order valence-electron chi connectivity index (χ1n) is 6.59. The Balaban J connectivity index is 2.92. The smallest absolute Gasteiger partial charge is 0.0346 e. The quantitative estimate of drug-likeness (QED) is 0.792. The van der Waals surface area contributed by atoms with Crippen molar-refractivity contribution in [3.05, 3.63) is 33.8 Å². The molecule has 0 saturated carbocycles. The van der Waals surface area contributed by atoms with Gasteiger partial charge < -0.3 is 5.32 Å². The fourth-order valence-corrected chi connectivity index (χ4v) is 2.60. The molecule has 0 fully saturated rings. The van der Waals surface area contributed by atoms with E-state index in [0.29, 0.717) is 12.0 Å². The summed E-state index contributed by atoms with van der Waals surface area (Å²) >= 11 is 3.56. The zero-order valence-electron chi connectivity index (χ0n) is 11.4. The van der Waals surface area contributed by atoms with Crippen molar-refractivity contribution in [3.8, 4) is 0 Å². The minimum absolute atomic E-state index is 0.478. The van der Waals surface area contributed by atoms with Crippen molar-refractivity contribution in [1.82, 2.24) is 5.32 Å². The third-order valence-electron chi connectivity index (χ3n) is 3.28. The van der Waals surface area contributed by atoms with Gasteiger partial charge >= 0.3 is 0 Å². The van der Waals surface area contributed by atoms with Crippen molar-refractivity contribution in [2.24, 2.45) is 5.92 Å². The molecule has 0 spiro atoms. The lowest BCUT2D eigenvalue weighted by atomic mass is 9.90. The summed E-state index contributed by atoms with van der Waals surface area (Å²) in [5.41, 5.74) is 2.72. The lowest BCUT2D eigenvalue weighted by molar-refractivity contribution is 0.369. The van der Waals surface area contributed by atoms with Crippen LogP contribution in [0.25, 0.3) is 0 Å². The molecule has 17 heavy (non-hydrogen) atoms. The van der Waals surface area contributed by atoms with Gasteiger partial charge in [-0.3, -0.25) is 0 Å². The summed E-state index contributed by atoms with van der Waals surface area (Å²) in [4.78, 5) is 0. The Morgan fingerprint density at radius 3 is 2.53 bits per heavy atom. The molecule has 1 aromatic rings. The molecule has 2 unspecified atom stereocenters. The predicted molar refractivity (Wildman–Crippen MR) is 79.4 cm³/mol. The summed E-state index contributed by atoms with van der Waals surface area (Å²) < 4.78 is 1.19. The highest BCUT2D eigenvalue weighted by atomic mass is 79.9. The van der Waals surface area contributed by atoms with Gasteiger partial charge in [-0.15, -0.1) is 0 Å². The molecule has 0 amide bonds. The van der Waals surface area contributed by atoms with Gasteiger partial charge in [-0.1, -0.05) is 55.3 Å². The largest absolute Gasteiger partial charge is 0.310 e. The van der Waals surface area contributed by atoms with Crippen LogP contribution in [0.1, 0.15) is 50.8 Å². The van der Waals surface area contributed by atoms with Crippen molar-refractivity contribution < 1.29 is 0 Å². The predicted octanol–water partition coefficient (Wildman–Crippen LogP) is 4.84. The fraction of sp³-hybridized carbons (Fsp3) is 0.600. The number of benzene rings is 1. The van der Waals surface area contributed by atoms with E-state index in [2.05, 4.69) is 67.1 Å². The zero-order valence-corrected chi connectivity index (χ0v) is 13.0. The number of hydrogen-bond acceptors (Lipinski definition) is 1. The Morgan fingerprint density at radius 1 is 1.29 bits per heavy atom. The summed E-state index contributed by atoms with van der Waals surface area (Å²) in [6.45, 7) is 9.95. The first-order chi connectivity index (χ1) is 8.10. The van der Waals surface area contributed by atoms with Crippen molar-refractivity contribution in [1.29, 1.82) is 0 Å². The second kappa shape index (κ2) is 7.17. The molecule has 1 aromatic carbocycles. The summed E-state index contributed by atoms with van der Waals surface area (Å²) in [6, 6.07) is 7.17. The second-order valence-corrected chi connectivity index (χ2v) is 5.66. The number of rotatable bonds is 6. The number of hydrogen-bond donors (Lipinski definition) is 1. The molecule has 0 bridgehead atoms. The van der Waals surface area contributed by atoms with E-state index in [0.717, 1.165) is 6.54 Å². The molecule has 96 valence electrons. The van der Waals surface area contributed by atoms with E-state index in [4.69, 9.17) is 0 Å². The number of nitrogens with one attached hydrogen (secondary N) is 1. The van der Waals surface area contributed by atoms with Crippen LogP contribution in [0.15, 0.2) is 22.7 Å². The van der Waals surface area contributed by atoms with Gasteiger partial charge in [0.2, 0.25) is 0 Å². The van der Waals surface area contributed by atoms with Crippen LogP contribution >= 0.6 is 15.9 Å². The molecule has 1 rings (SSSR count). The molecule has 2 heteroatoms. The van der Waals surface area contributed by atoms with Crippen LogP contribution in [0.3, 0.4) is 0 Å². The van der Waals surface area contributed by atoms with Crippen LogP contribution in [-0.4, -0.2) is 6.54 Å². The van der Waals surface area contributed by atoms with Gasteiger partial charge in [0.1, 0.15) is 0 Å². The molecule has 2 atom stereocenters. The average molecular weight is 298 g/mol. The monoisotopic (exact) mass is 297 g/mol. The van der Waals surface area contributed by atoms with Crippen molar-refractivity contribution in [2.45, 2.75) is 46.6 Å². The second-order valence-electron chi connectivity index (χ2n) is 4.81. The van der Waals surface area contributed by atoms with E-state index in [1.54, 1.807) is 0 Å². The van der Waals surface area contributed by atoms with E-state index in [1.807, 2.05) is 0 Å².